The molecule has 0 aliphatic heterocycles. The maximum atomic E-state index is 6.90. The van der Waals surface area contributed by atoms with E-state index in [2.05, 4.69) is 0 Å². The molecule has 0 fully saturated rings. The van der Waals surface area contributed by atoms with Gasteiger partial charge in [0, 0.05) is 4.11 Å². The van der Waals surface area contributed by atoms with Gasteiger partial charge < -0.3 is 0 Å². The molecule has 4 heteroatoms. The number of hydrogen-bond acceptors (Lipinski definition) is 0. The van der Waals surface area contributed by atoms with E-state index >= 15 is 0 Å². The summed E-state index contributed by atoms with van der Waals surface area (Å²) in [5.74, 6) is 0. The summed E-state index contributed by atoms with van der Waals surface area (Å²) < 4.78 is 24.7. The maximum Gasteiger partial charge on any atom is 0.145 e. The average molecular weight is 186 g/mol. The van der Waals surface area contributed by atoms with Crippen LogP contribution in [0.25, 0.3) is 0 Å². The molecule has 0 radical (unpaired) electrons. The molecule has 44 valence electrons. The minimum absolute atomic E-state index is 2.46. The van der Waals surface area contributed by atoms with E-state index < -0.39 is 16.0 Å². The van der Waals surface area contributed by atoms with Crippen molar-refractivity contribution in [1.82, 2.24) is 0 Å². The lowest BCUT2D eigenvalue weighted by Gasteiger charge is -2.12. The molecule has 0 aliphatic rings. The largest absolute Gasteiger partial charge is 0.145 e. The van der Waals surface area contributed by atoms with Crippen LogP contribution in [0.5, 0.6) is 0 Å². The van der Waals surface area contributed by atoms with Crippen LogP contribution in [0.2, 0.25) is 0 Å². The highest BCUT2D eigenvalue weighted by Gasteiger charge is 2.24. The first-order valence-electron chi connectivity index (χ1n) is 3.26. The molecule has 0 aromatic carbocycles. The van der Waals surface area contributed by atoms with Crippen molar-refractivity contribution in [3.8, 4) is 0 Å². The molecule has 0 aliphatic carbocycles. The van der Waals surface area contributed by atoms with E-state index in [0.717, 1.165) is 0 Å². The summed E-state index contributed by atoms with van der Waals surface area (Å²) in [6, 6.07) is 0. The van der Waals surface area contributed by atoms with Gasteiger partial charge in [0.05, 0.1) is 1.37 Å². The summed E-state index contributed by atoms with van der Waals surface area (Å²) >= 11 is 20.7. The Hall–Kier alpha value is 1.16. The normalized spacial score (nSPS) is 24.6. The Morgan fingerprint density at radius 3 is 2.14 bits per heavy atom. The SMILES string of the molecule is [2H]C([2H])([2H])C(Cl)(Cl)C([2H])(Cl)Cl. The van der Waals surface area contributed by atoms with Gasteiger partial charge in [0.25, 0.3) is 0 Å². The number of rotatable bonds is 1. The van der Waals surface area contributed by atoms with Gasteiger partial charge in [-0.25, -0.2) is 0 Å². The van der Waals surface area contributed by atoms with Crippen molar-refractivity contribution in [1.29, 1.82) is 0 Å². The highest BCUT2D eigenvalue weighted by molar-refractivity contribution is 6.59. The minimum Gasteiger partial charge on any atom is -0.102 e. The van der Waals surface area contributed by atoms with Gasteiger partial charge in [-0.3, -0.25) is 0 Å². The van der Waals surface area contributed by atoms with Crippen molar-refractivity contribution in [3.05, 3.63) is 0 Å². The third-order valence-electron chi connectivity index (χ3n) is 0.237. The number of alkyl halides is 4. The van der Waals surface area contributed by atoms with Gasteiger partial charge in [-0.15, -0.1) is 23.2 Å². The highest BCUT2D eigenvalue weighted by atomic mass is 35.5. The molecular weight excluding hydrogens is 178 g/mol. The second-order valence-corrected chi connectivity index (χ2v) is 3.11. The summed E-state index contributed by atoms with van der Waals surface area (Å²) in [6.45, 7) is -2.79. The van der Waals surface area contributed by atoms with E-state index in [1.54, 1.807) is 0 Å². The van der Waals surface area contributed by atoms with Crippen LogP contribution < -0.4 is 0 Å². The summed E-state index contributed by atoms with van der Waals surface area (Å²) in [5.41, 5.74) is 0. The van der Waals surface area contributed by atoms with Crippen LogP contribution >= 0.6 is 46.4 Å². The molecule has 0 atom stereocenters. The maximum absolute atomic E-state index is 6.90. The fraction of sp³-hybridized carbons (Fsp3) is 1.00. The van der Waals surface area contributed by atoms with Crippen LogP contribution in [0.1, 0.15) is 12.3 Å². The highest BCUT2D eigenvalue weighted by Crippen LogP contribution is 2.30. The molecule has 0 heterocycles. The first-order valence-corrected chi connectivity index (χ1v) is 2.77. The summed E-state index contributed by atoms with van der Waals surface area (Å²) in [4.78, 5) is -2.46. The van der Waals surface area contributed by atoms with Crippen LogP contribution in [-0.4, -0.2) is 9.15 Å². The minimum atomic E-state index is -2.79. The Bertz CT molecular complexity index is 128. The fourth-order valence-electron chi connectivity index (χ4n) is 0. The molecule has 0 N–H and O–H groups in total. The molecule has 0 unspecified atom stereocenters. The molecule has 0 aromatic rings. The number of hydrogen-bond donors (Lipinski definition) is 0. The molecule has 7 heavy (non-hydrogen) atoms. The smallest absolute Gasteiger partial charge is 0.102 e. The lowest BCUT2D eigenvalue weighted by atomic mass is 10.5. The lowest BCUT2D eigenvalue weighted by molar-refractivity contribution is 0.951. The molecular formula is C3H4Cl4. The summed E-state index contributed by atoms with van der Waals surface area (Å²) in [7, 11) is 0. The monoisotopic (exact) mass is 184 g/mol. The summed E-state index contributed by atoms with van der Waals surface area (Å²) in [5, 5.41) is 0. The molecule has 0 aromatic heterocycles. The second-order valence-electron chi connectivity index (χ2n) is 0.835. The first-order chi connectivity index (χ1) is 4.50. The fourth-order valence-corrected chi connectivity index (χ4v) is 0. The van der Waals surface area contributed by atoms with Gasteiger partial charge in [-0.1, -0.05) is 23.2 Å². The average Bonchev–Trinajstić information content (AvgIpc) is 1.58. The van der Waals surface area contributed by atoms with Gasteiger partial charge in [0.15, 0.2) is 0 Å². The Labute approximate surface area is 68.3 Å². The quantitative estimate of drug-likeness (QED) is 0.552. The topological polar surface area (TPSA) is 0 Å². The number of halogens is 4. The van der Waals surface area contributed by atoms with E-state index in [0.29, 0.717) is 0 Å². The van der Waals surface area contributed by atoms with Gasteiger partial charge in [0.1, 0.15) is 9.15 Å². The second kappa shape index (κ2) is 2.63. The summed E-state index contributed by atoms with van der Waals surface area (Å²) in [6.07, 6.45) is 0. The zero-order valence-electron chi connectivity index (χ0n) is 7.01. The Balaban J connectivity index is 4.75. The zero-order valence-corrected chi connectivity index (χ0v) is 6.04. The first kappa shape index (κ1) is 3.36. The molecule has 0 spiro atoms. The Morgan fingerprint density at radius 2 is 2.14 bits per heavy atom. The molecule has 0 rings (SSSR count). The van der Waals surface area contributed by atoms with E-state index in [1.165, 1.54) is 0 Å². The van der Waals surface area contributed by atoms with Gasteiger partial charge in [-0.2, -0.15) is 0 Å². The van der Waals surface area contributed by atoms with E-state index in [4.69, 9.17) is 51.9 Å². The van der Waals surface area contributed by atoms with Crippen LogP contribution in [0.4, 0.5) is 0 Å². The predicted molar refractivity (Wildman–Crippen MR) is 35.6 cm³/mol. The van der Waals surface area contributed by atoms with Crippen molar-refractivity contribution < 1.29 is 5.48 Å². The van der Waals surface area contributed by atoms with Gasteiger partial charge in [-0.05, 0) is 6.85 Å². The van der Waals surface area contributed by atoms with Crippen molar-refractivity contribution in [3.63, 3.8) is 0 Å². The third-order valence-corrected chi connectivity index (χ3v) is 1.57. The van der Waals surface area contributed by atoms with E-state index in [1.807, 2.05) is 0 Å². The molecule has 0 saturated heterocycles. The van der Waals surface area contributed by atoms with E-state index in [-0.39, 0.29) is 0 Å². The van der Waals surface area contributed by atoms with Gasteiger partial charge in [0.2, 0.25) is 0 Å². The Morgan fingerprint density at radius 1 is 1.71 bits per heavy atom. The van der Waals surface area contributed by atoms with Crippen LogP contribution in [0, 0.1) is 0 Å². The van der Waals surface area contributed by atoms with E-state index in [9.17, 15) is 0 Å². The van der Waals surface area contributed by atoms with Gasteiger partial charge >= 0.3 is 0 Å². The third kappa shape index (κ3) is 3.72. The van der Waals surface area contributed by atoms with Crippen molar-refractivity contribution in [2.24, 2.45) is 0 Å². The van der Waals surface area contributed by atoms with Crippen molar-refractivity contribution in [2.75, 3.05) is 0 Å². The molecule has 0 saturated carbocycles. The van der Waals surface area contributed by atoms with Crippen LogP contribution in [-0.2, 0) is 0 Å². The Kier molecular flexibility index (Phi) is 1.26. The van der Waals surface area contributed by atoms with Crippen molar-refractivity contribution in [2.45, 2.75) is 16.0 Å². The molecule has 0 bridgehead atoms. The standard InChI is InChI=1S/C3H4Cl4/c1-3(6,7)2(4)5/h2H,1H3/i1D3,2D. The zero-order chi connectivity index (χ0) is 9.50. The van der Waals surface area contributed by atoms with Crippen LogP contribution in [0.15, 0.2) is 0 Å². The molecule has 0 nitrogen and oxygen atoms in total. The predicted octanol–water partition coefficient (Wildman–Crippen LogP) is 2.98. The lowest BCUT2D eigenvalue weighted by Crippen LogP contribution is -2.15. The molecule has 0 amide bonds. The van der Waals surface area contributed by atoms with Crippen molar-refractivity contribution >= 4 is 46.4 Å². The van der Waals surface area contributed by atoms with Crippen LogP contribution in [0.3, 0.4) is 0 Å².